The molecule has 0 aliphatic heterocycles. The lowest BCUT2D eigenvalue weighted by Gasteiger charge is -2.24. The molecule has 2 N–H and O–H groups in total. The molecule has 1 aromatic carbocycles. The van der Waals surface area contributed by atoms with E-state index in [1.54, 1.807) is 0 Å². The maximum absolute atomic E-state index is 13.0. The van der Waals surface area contributed by atoms with Gasteiger partial charge in [-0.2, -0.15) is 26.3 Å². The van der Waals surface area contributed by atoms with Crippen LogP contribution in [0.4, 0.5) is 26.3 Å². The lowest BCUT2D eigenvalue weighted by molar-refractivity contribution is -0.143. The van der Waals surface area contributed by atoms with Crippen LogP contribution in [0.1, 0.15) is 76.0 Å². The second-order valence-electron chi connectivity index (χ2n) is 9.12. The number of carbonyl (C=O) groups is 1. The third-order valence-electron chi connectivity index (χ3n) is 5.78. The van der Waals surface area contributed by atoms with Gasteiger partial charge in [0.2, 0.25) is 5.91 Å². The molecule has 0 radical (unpaired) electrons. The molecule has 3 atom stereocenters. The highest BCUT2D eigenvalue weighted by molar-refractivity contribution is 5.79. The summed E-state index contributed by atoms with van der Waals surface area (Å²) in [6.07, 6.45) is -4.61. The summed E-state index contributed by atoms with van der Waals surface area (Å²) in [6, 6.07) is 1.94. The Hall–Kier alpha value is -1.77. The first-order valence-corrected chi connectivity index (χ1v) is 11.1. The molecule has 3 nitrogen and oxygen atoms in total. The molecule has 1 saturated carbocycles. The standard InChI is InChI=1S/C23H32F6N2O/c1-4-5-19(8-14(2)3)31-20-7-6-16(11-20)21(32)30-13-15-9-17(22(24,25)26)12-18(10-15)23(27,28)29/h9-10,12,14,16,19-20,31H,4-8,11,13H2,1-3H3,(H,30,32)/t16-,19?,20?/m0/s1. The lowest BCUT2D eigenvalue weighted by Crippen LogP contribution is -2.38. The van der Waals surface area contributed by atoms with Crippen molar-refractivity contribution in [1.82, 2.24) is 10.6 Å². The van der Waals surface area contributed by atoms with E-state index in [4.69, 9.17) is 0 Å². The van der Waals surface area contributed by atoms with Gasteiger partial charge in [0.25, 0.3) is 0 Å². The zero-order chi connectivity index (χ0) is 24.1. The average Bonchev–Trinajstić information content (AvgIpc) is 3.12. The Kier molecular flexibility index (Phi) is 9.02. The van der Waals surface area contributed by atoms with Crippen molar-refractivity contribution in [2.45, 2.75) is 90.3 Å². The van der Waals surface area contributed by atoms with Crippen LogP contribution >= 0.6 is 0 Å². The lowest BCUT2D eigenvalue weighted by atomic mass is 9.98. The quantitative estimate of drug-likeness (QED) is 0.419. The summed E-state index contributed by atoms with van der Waals surface area (Å²) in [4.78, 5) is 12.5. The van der Waals surface area contributed by atoms with Crippen LogP contribution in [0.5, 0.6) is 0 Å². The molecule has 9 heteroatoms. The van der Waals surface area contributed by atoms with Gasteiger partial charge in [-0.25, -0.2) is 0 Å². The van der Waals surface area contributed by atoms with Gasteiger partial charge in [0, 0.05) is 24.5 Å². The molecule has 0 heterocycles. The van der Waals surface area contributed by atoms with Crippen LogP contribution in [0.3, 0.4) is 0 Å². The summed E-state index contributed by atoms with van der Waals surface area (Å²) in [5.74, 6) is -0.0912. The van der Waals surface area contributed by atoms with Crippen molar-refractivity contribution < 1.29 is 31.1 Å². The predicted molar refractivity (Wildman–Crippen MR) is 111 cm³/mol. The molecule has 1 aliphatic rings. The van der Waals surface area contributed by atoms with Gasteiger partial charge in [0.05, 0.1) is 11.1 Å². The summed E-state index contributed by atoms with van der Waals surface area (Å²) >= 11 is 0. The van der Waals surface area contributed by atoms with Crippen LogP contribution < -0.4 is 10.6 Å². The Bertz CT molecular complexity index is 728. The number of hydrogen-bond donors (Lipinski definition) is 2. The number of halogens is 6. The minimum atomic E-state index is -4.91. The van der Waals surface area contributed by atoms with E-state index in [9.17, 15) is 31.1 Å². The average molecular weight is 467 g/mol. The zero-order valence-corrected chi connectivity index (χ0v) is 18.7. The summed E-state index contributed by atoms with van der Waals surface area (Å²) < 4.78 is 78.0. The first-order chi connectivity index (χ1) is 14.8. The molecule has 0 aromatic heterocycles. The van der Waals surface area contributed by atoms with E-state index in [0.717, 1.165) is 25.7 Å². The largest absolute Gasteiger partial charge is 0.416 e. The third kappa shape index (κ3) is 7.98. The Labute approximate surface area is 185 Å². The Balaban J connectivity index is 1.98. The van der Waals surface area contributed by atoms with Crippen molar-refractivity contribution in [1.29, 1.82) is 0 Å². The van der Waals surface area contributed by atoms with E-state index in [1.807, 2.05) is 0 Å². The molecule has 0 bridgehead atoms. The molecule has 182 valence electrons. The minimum absolute atomic E-state index is 0.0858. The Morgan fingerprint density at radius 2 is 1.62 bits per heavy atom. The van der Waals surface area contributed by atoms with E-state index in [1.165, 1.54) is 0 Å². The number of alkyl halides is 6. The zero-order valence-electron chi connectivity index (χ0n) is 18.7. The van der Waals surface area contributed by atoms with Gasteiger partial charge < -0.3 is 10.6 Å². The highest BCUT2D eigenvalue weighted by Gasteiger charge is 2.37. The Morgan fingerprint density at radius 3 is 2.12 bits per heavy atom. The molecule has 0 saturated heterocycles. The molecular weight excluding hydrogens is 434 g/mol. The molecule has 1 fully saturated rings. The minimum Gasteiger partial charge on any atom is -0.352 e. The molecule has 1 aromatic rings. The van der Waals surface area contributed by atoms with Crippen LogP contribution in [-0.4, -0.2) is 18.0 Å². The van der Waals surface area contributed by atoms with Crippen molar-refractivity contribution in [2.75, 3.05) is 0 Å². The normalized spacial score (nSPS) is 20.6. The fourth-order valence-electron chi connectivity index (χ4n) is 4.35. The Morgan fingerprint density at radius 1 is 1.03 bits per heavy atom. The van der Waals surface area contributed by atoms with E-state index in [-0.39, 0.29) is 36.0 Å². The van der Waals surface area contributed by atoms with E-state index >= 15 is 0 Å². The fraction of sp³-hybridized carbons (Fsp3) is 0.696. The third-order valence-corrected chi connectivity index (χ3v) is 5.78. The van der Waals surface area contributed by atoms with E-state index in [2.05, 4.69) is 31.4 Å². The summed E-state index contributed by atoms with van der Waals surface area (Å²) in [5.41, 5.74) is -2.99. The smallest absolute Gasteiger partial charge is 0.352 e. The number of benzene rings is 1. The van der Waals surface area contributed by atoms with Crippen molar-refractivity contribution in [3.8, 4) is 0 Å². The molecule has 32 heavy (non-hydrogen) atoms. The van der Waals surface area contributed by atoms with Crippen LogP contribution in [0, 0.1) is 11.8 Å². The first-order valence-electron chi connectivity index (χ1n) is 11.1. The van der Waals surface area contributed by atoms with Crippen molar-refractivity contribution in [3.05, 3.63) is 34.9 Å². The maximum atomic E-state index is 13.0. The highest BCUT2D eigenvalue weighted by atomic mass is 19.4. The van der Waals surface area contributed by atoms with Gasteiger partial charge in [-0.1, -0.05) is 27.2 Å². The summed E-state index contributed by atoms with van der Waals surface area (Å²) in [5, 5.41) is 6.15. The topological polar surface area (TPSA) is 41.1 Å². The fourth-order valence-corrected chi connectivity index (χ4v) is 4.35. The molecular formula is C23H32F6N2O. The predicted octanol–water partition coefficient (Wildman–Crippen LogP) is 6.31. The van der Waals surface area contributed by atoms with Gasteiger partial charge in [-0.3, -0.25) is 4.79 Å². The van der Waals surface area contributed by atoms with Gasteiger partial charge in [-0.15, -0.1) is 0 Å². The van der Waals surface area contributed by atoms with Crippen LogP contribution in [0.25, 0.3) is 0 Å². The van der Waals surface area contributed by atoms with Crippen LogP contribution in [-0.2, 0) is 23.7 Å². The summed E-state index contributed by atoms with van der Waals surface area (Å²) in [7, 11) is 0. The molecule has 2 rings (SSSR count). The number of amides is 1. The van der Waals surface area contributed by atoms with Crippen molar-refractivity contribution >= 4 is 5.91 Å². The second-order valence-corrected chi connectivity index (χ2v) is 9.12. The van der Waals surface area contributed by atoms with Crippen molar-refractivity contribution in [2.24, 2.45) is 11.8 Å². The van der Waals surface area contributed by atoms with Gasteiger partial charge >= 0.3 is 12.4 Å². The number of nitrogens with one attached hydrogen (secondary N) is 2. The van der Waals surface area contributed by atoms with Crippen molar-refractivity contribution in [3.63, 3.8) is 0 Å². The molecule has 1 aliphatic carbocycles. The number of carbonyl (C=O) groups excluding carboxylic acids is 1. The van der Waals surface area contributed by atoms with E-state index < -0.39 is 23.5 Å². The van der Waals surface area contributed by atoms with Crippen LogP contribution in [0.2, 0.25) is 0 Å². The second kappa shape index (κ2) is 10.9. The number of hydrogen-bond acceptors (Lipinski definition) is 2. The number of rotatable bonds is 9. The van der Waals surface area contributed by atoms with Gasteiger partial charge in [0.1, 0.15) is 0 Å². The SMILES string of the molecule is CCCC(CC(C)C)NC1CC[C@H](C(=O)NCc2cc(C(F)(F)F)cc(C(F)(F)F)c2)C1. The van der Waals surface area contributed by atoms with Crippen LogP contribution in [0.15, 0.2) is 18.2 Å². The monoisotopic (exact) mass is 466 g/mol. The molecule has 1 amide bonds. The highest BCUT2D eigenvalue weighted by Crippen LogP contribution is 2.36. The maximum Gasteiger partial charge on any atom is 0.416 e. The van der Waals surface area contributed by atoms with Gasteiger partial charge in [-0.05, 0) is 61.8 Å². The van der Waals surface area contributed by atoms with Gasteiger partial charge in [0.15, 0.2) is 0 Å². The summed E-state index contributed by atoms with van der Waals surface area (Å²) in [6.45, 7) is 6.06. The molecule has 0 spiro atoms. The first kappa shape index (κ1) is 26.5. The van der Waals surface area contributed by atoms with E-state index in [0.29, 0.717) is 36.9 Å². The molecule has 2 unspecified atom stereocenters.